The van der Waals surface area contributed by atoms with E-state index >= 15 is 0 Å². The lowest BCUT2D eigenvalue weighted by atomic mass is 10.1. The minimum absolute atomic E-state index is 0.0577. The summed E-state index contributed by atoms with van der Waals surface area (Å²) >= 11 is 1.52. The van der Waals surface area contributed by atoms with Crippen LogP contribution < -0.4 is 5.32 Å². The molecule has 0 unspecified atom stereocenters. The number of thiazole rings is 1. The van der Waals surface area contributed by atoms with Crippen LogP contribution in [0.2, 0.25) is 0 Å². The molecule has 1 atom stereocenters. The van der Waals surface area contributed by atoms with E-state index in [2.05, 4.69) is 10.3 Å². The molecular weight excluding hydrogens is 302 g/mol. The van der Waals surface area contributed by atoms with Crippen molar-refractivity contribution < 1.29 is 9.72 Å². The Morgan fingerprint density at radius 2 is 2.09 bits per heavy atom. The van der Waals surface area contributed by atoms with E-state index in [4.69, 9.17) is 0 Å². The normalized spacial score (nSPS) is 11.9. The molecule has 0 aliphatic heterocycles. The zero-order valence-electron chi connectivity index (χ0n) is 12.4. The van der Waals surface area contributed by atoms with E-state index in [-0.39, 0.29) is 17.6 Å². The van der Waals surface area contributed by atoms with Gasteiger partial charge in [0, 0.05) is 24.4 Å². The third-order valence-corrected chi connectivity index (χ3v) is 4.20. The number of carbonyl (C=O) groups excluding carboxylic acids is 1. The summed E-state index contributed by atoms with van der Waals surface area (Å²) < 4.78 is 0. The Hall–Kier alpha value is -2.28. The van der Waals surface area contributed by atoms with E-state index in [0.29, 0.717) is 6.42 Å². The molecule has 0 aliphatic carbocycles. The van der Waals surface area contributed by atoms with Crippen molar-refractivity contribution in [1.82, 2.24) is 10.3 Å². The van der Waals surface area contributed by atoms with Crippen molar-refractivity contribution in [1.29, 1.82) is 0 Å². The lowest BCUT2D eigenvalue weighted by molar-refractivity contribution is -0.384. The number of nitro groups is 1. The monoisotopic (exact) mass is 319 g/mol. The minimum Gasteiger partial charge on any atom is -0.347 e. The molecule has 1 amide bonds. The molecule has 1 N–H and O–H groups in total. The van der Waals surface area contributed by atoms with Gasteiger partial charge in [-0.15, -0.1) is 11.3 Å². The Balaban J connectivity index is 2.18. The van der Waals surface area contributed by atoms with Crippen LogP contribution in [0.15, 0.2) is 29.6 Å². The summed E-state index contributed by atoms with van der Waals surface area (Å²) in [6, 6.07) is 6.14. The van der Waals surface area contributed by atoms with E-state index < -0.39 is 4.92 Å². The maximum atomic E-state index is 11.4. The summed E-state index contributed by atoms with van der Waals surface area (Å²) in [6.45, 7) is 3.50. The van der Waals surface area contributed by atoms with Gasteiger partial charge in [-0.25, -0.2) is 4.98 Å². The molecule has 0 bridgehead atoms. The number of nitrogens with one attached hydrogen (secondary N) is 1. The van der Waals surface area contributed by atoms with Crippen molar-refractivity contribution in [3.8, 4) is 0 Å². The molecule has 6 nitrogen and oxygen atoms in total. The highest BCUT2D eigenvalue weighted by Crippen LogP contribution is 2.23. The average Bonchev–Trinajstić information content (AvgIpc) is 2.95. The summed E-state index contributed by atoms with van der Waals surface area (Å²) in [6.07, 6.45) is 1.40. The van der Waals surface area contributed by atoms with E-state index in [0.717, 1.165) is 22.7 Å². The largest absolute Gasteiger partial charge is 0.347 e. The molecule has 2 rings (SSSR count). The molecular formula is C15H17N3O3S. The first-order valence-corrected chi connectivity index (χ1v) is 7.82. The first-order valence-electron chi connectivity index (χ1n) is 6.94. The second kappa shape index (κ2) is 7.13. The van der Waals surface area contributed by atoms with Gasteiger partial charge in [-0.3, -0.25) is 14.9 Å². The smallest absolute Gasteiger partial charge is 0.269 e. The van der Waals surface area contributed by atoms with Crippen LogP contribution in [-0.2, 0) is 17.6 Å². The molecule has 7 heteroatoms. The van der Waals surface area contributed by atoms with Crippen LogP contribution in [0.3, 0.4) is 0 Å². The number of nitro benzene ring substituents is 1. The second-order valence-corrected chi connectivity index (χ2v) is 5.80. The maximum Gasteiger partial charge on any atom is 0.269 e. The van der Waals surface area contributed by atoms with Crippen LogP contribution in [-0.4, -0.2) is 15.8 Å². The number of aryl methyl sites for hydroxylation is 1. The van der Waals surface area contributed by atoms with E-state index in [1.54, 1.807) is 12.1 Å². The summed E-state index contributed by atoms with van der Waals surface area (Å²) in [5, 5.41) is 16.4. The van der Waals surface area contributed by atoms with Crippen LogP contribution in [0.1, 0.15) is 36.2 Å². The van der Waals surface area contributed by atoms with Crippen molar-refractivity contribution in [3.63, 3.8) is 0 Å². The van der Waals surface area contributed by atoms with Gasteiger partial charge < -0.3 is 5.32 Å². The number of benzene rings is 1. The quantitative estimate of drug-likeness (QED) is 0.655. The lowest BCUT2D eigenvalue weighted by Crippen LogP contribution is -2.27. The van der Waals surface area contributed by atoms with Crippen LogP contribution in [0.5, 0.6) is 0 Å². The molecule has 1 aromatic carbocycles. The summed E-state index contributed by atoms with van der Waals surface area (Å²) in [4.78, 5) is 26.2. The Morgan fingerprint density at radius 1 is 1.41 bits per heavy atom. The number of non-ortho nitro benzene ring substituents is 1. The van der Waals surface area contributed by atoms with Gasteiger partial charge in [-0.1, -0.05) is 19.1 Å². The summed E-state index contributed by atoms with van der Waals surface area (Å²) in [5.74, 6) is -0.125. The number of nitrogens with zero attached hydrogens (tertiary/aromatic N) is 2. The van der Waals surface area contributed by atoms with Crippen molar-refractivity contribution in [2.45, 2.75) is 32.7 Å². The third kappa shape index (κ3) is 4.11. The molecule has 0 aliphatic rings. The van der Waals surface area contributed by atoms with Crippen molar-refractivity contribution >= 4 is 22.9 Å². The molecule has 0 fully saturated rings. The van der Waals surface area contributed by atoms with Crippen LogP contribution >= 0.6 is 11.3 Å². The maximum absolute atomic E-state index is 11.4. The molecule has 0 spiro atoms. The number of rotatable bonds is 6. The van der Waals surface area contributed by atoms with Crippen LogP contribution in [0, 0.1) is 10.1 Å². The number of aromatic nitrogens is 1. The molecule has 22 heavy (non-hydrogen) atoms. The van der Waals surface area contributed by atoms with Gasteiger partial charge in [0.25, 0.3) is 5.69 Å². The minimum atomic E-state index is -0.427. The highest BCUT2D eigenvalue weighted by molar-refractivity contribution is 7.09. The molecule has 1 heterocycles. The Bertz CT molecular complexity index is 667. The molecule has 2 aromatic rings. The molecule has 0 saturated carbocycles. The third-order valence-electron chi connectivity index (χ3n) is 3.19. The van der Waals surface area contributed by atoms with Crippen molar-refractivity contribution in [3.05, 3.63) is 56.0 Å². The van der Waals surface area contributed by atoms with Gasteiger partial charge in [0.2, 0.25) is 5.91 Å². The van der Waals surface area contributed by atoms with E-state index in [1.165, 1.54) is 30.4 Å². The molecule has 0 radical (unpaired) electrons. The second-order valence-electron chi connectivity index (χ2n) is 4.91. The van der Waals surface area contributed by atoms with Gasteiger partial charge in [0.15, 0.2) is 0 Å². The topological polar surface area (TPSA) is 85.1 Å². The Kier molecular flexibility index (Phi) is 5.21. The highest BCUT2D eigenvalue weighted by Gasteiger charge is 2.17. The van der Waals surface area contributed by atoms with Crippen molar-refractivity contribution in [2.75, 3.05) is 0 Å². The number of hydrogen-bond acceptors (Lipinski definition) is 5. The first-order chi connectivity index (χ1) is 10.5. The van der Waals surface area contributed by atoms with Gasteiger partial charge in [-0.05, 0) is 18.4 Å². The SMILES string of the molecule is CCc1csc([C@H](Cc2ccc([N+](=O)[O-])cc2)NC(C)=O)n1. The van der Waals surface area contributed by atoms with E-state index in [9.17, 15) is 14.9 Å². The van der Waals surface area contributed by atoms with Gasteiger partial charge in [0.1, 0.15) is 5.01 Å². The van der Waals surface area contributed by atoms with Gasteiger partial charge >= 0.3 is 0 Å². The van der Waals surface area contributed by atoms with Crippen molar-refractivity contribution in [2.24, 2.45) is 0 Å². The molecule has 116 valence electrons. The fraction of sp³-hybridized carbons (Fsp3) is 0.333. The van der Waals surface area contributed by atoms with Gasteiger partial charge in [0.05, 0.1) is 16.7 Å². The summed E-state index contributed by atoms with van der Waals surface area (Å²) in [7, 11) is 0. The standard InChI is InChI=1S/C15H17N3O3S/c1-3-12-9-22-15(17-12)14(16-10(2)19)8-11-4-6-13(7-5-11)18(20)21/h4-7,9,14H,3,8H2,1-2H3,(H,16,19)/t14-/m0/s1. The predicted octanol–water partition coefficient (Wildman–Crippen LogP) is 3.03. The van der Waals surface area contributed by atoms with E-state index in [1.807, 2.05) is 12.3 Å². The Morgan fingerprint density at radius 3 is 2.59 bits per heavy atom. The number of hydrogen-bond donors (Lipinski definition) is 1. The molecule has 1 aromatic heterocycles. The number of carbonyl (C=O) groups is 1. The average molecular weight is 319 g/mol. The van der Waals surface area contributed by atoms with Gasteiger partial charge in [-0.2, -0.15) is 0 Å². The van der Waals surface area contributed by atoms with Crippen LogP contribution in [0.25, 0.3) is 0 Å². The molecule has 0 saturated heterocycles. The summed E-state index contributed by atoms with van der Waals surface area (Å²) in [5.41, 5.74) is 1.97. The lowest BCUT2D eigenvalue weighted by Gasteiger charge is -2.15. The fourth-order valence-corrected chi connectivity index (χ4v) is 3.03. The Labute approximate surface area is 132 Å². The number of amides is 1. The fourth-order valence-electron chi connectivity index (χ4n) is 2.08. The first kappa shape index (κ1) is 16.1. The zero-order chi connectivity index (χ0) is 16.1. The van der Waals surface area contributed by atoms with Crippen LogP contribution in [0.4, 0.5) is 5.69 Å². The predicted molar refractivity (Wildman–Crippen MR) is 84.9 cm³/mol. The zero-order valence-corrected chi connectivity index (χ0v) is 13.2. The highest BCUT2D eigenvalue weighted by atomic mass is 32.1.